The first kappa shape index (κ1) is 23.6. The smallest absolute Gasteiger partial charge is 0.295 e. The van der Waals surface area contributed by atoms with Crippen molar-refractivity contribution in [2.75, 3.05) is 41.4 Å². The van der Waals surface area contributed by atoms with Crippen LogP contribution < -0.4 is 9.47 Å². The first-order chi connectivity index (χ1) is 15.2. The van der Waals surface area contributed by atoms with Gasteiger partial charge in [0.05, 0.1) is 30.3 Å². The standard InChI is InChI=1S/C23H25BrN2O6/c1-25(2)8-9-26-19(14-11-16(24)21(28)17(12-14)32-4)18(22(29)23(26)30)20(27)13-6-5-7-15(10-13)31-3/h5-7,10-12,19,27-28H,8-9H2,1-4H3/b20-18+. The second-order valence-corrected chi connectivity index (χ2v) is 8.44. The number of aliphatic hydroxyl groups is 1. The Bertz CT molecular complexity index is 1080. The minimum atomic E-state index is -0.869. The molecule has 1 saturated heterocycles. The van der Waals surface area contributed by atoms with Gasteiger partial charge in [0, 0.05) is 18.7 Å². The number of phenols is 1. The van der Waals surface area contributed by atoms with Crippen molar-refractivity contribution in [3.63, 3.8) is 0 Å². The van der Waals surface area contributed by atoms with Crippen molar-refractivity contribution in [3.05, 3.63) is 57.6 Å². The highest BCUT2D eigenvalue weighted by atomic mass is 79.9. The van der Waals surface area contributed by atoms with Gasteiger partial charge in [-0.25, -0.2) is 0 Å². The molecule has 9 heteroatoms. The molecule has 32 heavy (non-hydrogen) atoms. The number of aliphatic hydroxyl groups excluding tert-OH is 1. The maximum absolute atomic E-state index is 13.1. The third-order valence-corrected chi connectivity index (χ3v) is 5.86. The molecule has 3 rings (SSSR count). The SMILES string of the molecule is COc1cccc(/C(O)=C2\C(=O)C(=O)N(CCN(C)C)C2c2cc(Br)c(O)c(OC)c2)c1. The number of ether oxygens (including phenoxy) is 2. The number of carbonyl (C=O) groups is 2. The van der Waals surface area contributed by atoms with Gasteiger partial charge < -0.3 is 29.5 Å². The molecule has 0 aliphatic carbocycles. The first-order valence-electron chi connectivity index (χ1n) is 9.83. The van der Waals surface area contributed by atoms with Crippen LogP contribution in [0.1, 0.15) is 17.2 Å². The Morgan fingerprint density at radius 1 is 1.16 bits per heavy atom. The van der Waals surface area contributed by atoms with Crippen molar-refractivity contribution in [2.24, 2.45) is 0 Å². The van der Waals surface area contributed by atoms with Crippen LogP contribution in [0.15, 0.2) is 46.4 Å². The summed E-state index contributed by atoms with van der Waals surface area (Å²) in [6.07, 6.45) is 0. The van der Waals surface area contributed by atoms with E-state index in [0.717, 1.165) is 0 Å². The number of likely N-dealkylation sites (tertiary alicyclic amines) is 1. The number of phenolic OH excluding ortho intramolecular Hbond substituents is 1. The molecule has 1 unspecified atom stereocenters. The molecule has 2 N–H and O–H groups in total. The number of Topliss-reactive ketones (excluding diaryl/α,β-unsaturated/α-hetero) is 1. The summed E-state index contributed by atoms with van der Waals surface area (Å²) in [6.45, 7) is 0.775. The van der Waals surface area contributed by atoms with E-state index in [2.05, 4.69) is 15.9 Å². The van der Waals surface area contributed by atoms with Crippen LogP contribution in [0.4, 0.5) is 0 Å². The Morgan fingerprint density at radius 3 is 2.50 bits per heavy atom. The average Bonchev–Trinajstić information content (AvgIpc) is 3.03. The fourth-order valence-corrected chi connectivity index (χ4v) is 4.06. The van der Waals surface area contributed by atoms with Crippen LogP contribution in [-0.4, -0.2) is 73.1 Å². The molecule has 170 valence electrons. The zero-order valence-corrected chi connectivity index (χ0v) is 19.8. The van der Waals surface area contributed by atoms with Gasteiger partial charge in [-0.05, 0) is 59.9 Å². The predicted octanol–water partition coefficient (Wildman–Crippen LogP) is 3.16. The van der Waals surface area contributed by atoms with Crippen molar-refractivity contribution >= 4 is 33.4 Å². The Kier molecular flexibility index (Phi) is 7.10. The zero-order chi connectivity index (χ0) is 23.6. The van der Waals surface area contributed by atoms with E-state index in [1.165, 1.54) is 19.1 Å². The maximum atomic E-state index is 13.1. The Balaban J connectivity index is 2.23. The van der Waals surface area contributed by atoms with Crippen LogP contribution in [-0.2, 0) is 9.59 Å². The van der Waals surface area contributed by atoms with E-state index in [-0.39, 0.29) is 29.4 Å². The monoisotopic (exact) mass is 504 g/mol. The van der Waals surface area contributed by atoms with Crippen molar-refractivity contribution in [3.8, 4) is 17.2 Å². The lowest BCUT2D eigenvalue weighted by atomic mass is 9.95. The molecule has 1 heterocycles. The molecule has 1 amide bonds. The summed E-state index contributed by atoms with van der Waals surface area (Å²) in [5, 5.41) is 21.3. The van der Waals surface area contributed by atoms with Gasteiger partial charge >= 0.3 is 0 Å². The quantitative estimate of drug-likeness (QED) is 0.339. The lowest BCUT2D eigenvalue weighted by Gasteiger charge is -2.27. The molecule has 1 aliphatic rings. The lowest BCUT2D eigenvalue weighted by molar-refractivity contribution is -0.140. The van der Waals surface area contributed by atoms with Crippen LogP contribution >= 0.6 is 15.9 Å². The molecule has 8 nitrogen and oxygen atoms in total. The molecule has 0 bridgehead atoms. The Labute approximate surface area is 194 Å². The number of benzene rings is 2. The summed E-state index contributed by atoms with van der Waals surface area (Å²) < 4.78 is 10.8. The summed E-state index contributed by atoms with van der Waals surface area (Å²) in [5.74, 6) is -1.21. The molecular weight excluding hydrogens is 480 g/mol. The number of methoxy groups -OCH3 is 2. The van der Waals surface area contributed by atoms with Gasteiger partial charge in [-0.3, -0.25) is 9.59 Å². The number of aromatic hydroxyl groups is 1. The van der Waals surface area contributed by atoms with E-state index >= 15 is 0 Å². The van der Waals surface area contributed by atoms with Crippen LogP contribution in [0.25, 0.3) is 5.76 Å². The van der Waals surface area contributed by atoms with E-state index in [1.807, 2.05) is 19.0 Å². The minimum Gasteiger partial charge on any atom is -0.507 e. The van der Waals surface area contributed by atoms with Gasteiger partial charge in [-0.2, -0.15) is 0 Å². The molecule has 1 fully saturated rings. The molecular formula is C23H25BrN2O6. The summed E-state index contributed by atoms with van der Waals surface area (Å²) >= 11 is 3.30. The number of carbonyl (C=O) groups excluding carboxylic acids is 2. The van der Waals surface area contributed by atoms with Gasteiger partial charge in [0.15, 0.2) is 11.5 Å². The fraction of sp³-hybridized carbons (Fsp3) is 0.304. The molecule has 0 radical (unpaired) electrons. The van der Waals surface area contributed by atoms with E-state index in [1.54, 1.807) is 36.4 Å². The molecule has 1 aliphatic heterocycles. The van der Waals surface area contributed by atoms with Gasteiger partial charge in [-0.15, -0.1) is 0 Å². The number of ketones is 1. The Hall–Kier alpha value is -3.04. The summed E-state index contributed by atoms with van der Waals surface area (Å²) in [6, 6.07) is 8.92. The maximum Gasteiger partial charge on any atom is 0.295 e. The lowest BCUT2D eigenvalue weighted by Crippen LogP contribution is -2.35. The summed E-state index contributed by atoms with van der Waals surface area (Å²) in [5.41, 5.74) is 0.820. The first-order valence-corrected chi connectivity index (χ1v) is 10.6. The summed E-state index contributed by atoms with van der Waals surface area (Å²) in [4.78, 5) is 29.4. The molecule has 1 atom stereocenters. The zero-order valence-electron chi connectivity index (χ0n) is 18.3. The highest BCUT2D eigenvalue weighted by Gasteiger charge is 2.46. The molecule has 2 aromatic rings. The number of rotatable bonds is 7. The normalized spacial score (nSPS) is 17.8. The minimum absolute atomic E-state index is 0.0401. The number of likely N-dealkylation sites (N-methyl/N-ethyl adjacent to an activating group) is 1. The molecule has 0 saturated carbocycles. The average molecular weight is 505 g/mol. The van der Waals surface area contributed by atoms with Crippen LogP contribution in [0, 0.1) is 0 Å². The van der Waals surface area contributed by atoms with E-state index in [4.69, 9.17) is 9.47 Å². The fourth-order valence-electron chi connectivity index (χ4n) is 3.60. The highest BCUT2D eigenvalue weighted by Crippen LogP contribution is 2.44. The van der Waals surface area contributed by atoms with Crippen molar-refractivity contribution in [1.82, 2.24) is 9.80 Å². The van der Waals surface area contributed by atoms with E-state index < -0.39 is 17.7 Å². The summed E-state index contributed by atoms with van der Waals surface area (Å²) in [7, 11) is 6.63. The topological polar surface area (TPSA) is 99.5 Å². The van der Waals surface area contributed by atoms with Crippen LogP contribution in [0.3, 0.4) is 0 Å². The molecule has 0 aromatic heterocycles. The number of amides is 1. The number of nitrogens with zero attached hydrogens (tertiary/aromatic N) is 2. The van der Waals surface area contributed by atoms with Crippen LogP contribution in [0.5, 0.6) is 17.2 Å². The second-order valence-electron chi connectivity index (χ2n) is 7.58. The number of halogens is 1. The van der Waals surface area contributed by atoms with Gasteiger partial charge in [-0.1, -0.05) is 12.1 Å². The van der Waals surface area contributed by atoms with Crippen LogP contribution in [0.2, 0.25) is 0 Å². The predicted molar refractivity (Wildman–Crippen MR) is 123 cm³/mol. The van der Waals surface area contributed by atoms with E-state index in [0.29, 0.717) is 27.9 Å². The second kappa shape index (κ2) is 9.62. The number of hydrogen-bond acceptors (Lipinski definition) is 7. The largest absolute Gasteiger partial charge is 0.507 e. The number of hydrogen-bond donors (Lipinski definition) is 2. The van der Waals surface area contributed by atoms with E-state index in [9.17, 15) is 19.8 Å². The van der Waals surface area contributed by atoms with Crippen molar-refractivity contribution in [2.45, 2.75) is 6.04 Å². The highest BCUT2D eigenvalue weighted by molar-refractivity contribution is 9.10. The molecule has 2 aromatic carbocycles. The third kappa shape index (κ3) is 4.44. The third-order valence-electron chi connectivity index (χ3n) is 5.26. The molecule has 0 spiro atoms. The van der Waals surface area contributed by atoms with Gasteiger partial charge in [0.25, 0.3) is 11.7 Å². The van der Waals surface area contributed by atoms with Crippen molar-refractivity contribution in [1.29, 1.82) is 0 Å². The van der Waals surface area contributed by atoms with Crippen molar-refractivity contribution < 1.29 is 29.3 Å². The van der Waals surface area contributed by atoms with Gasteiger partial charge in [0.1, 0.15) is 11.5 Å². The Morgan fingerprint density at radius 2 is 1.88 bits per heavy atom. The van der Waals surface area contributed by atoms with Gasteiger partial charge in [0.2, 0.25) is 0 Å².